The Balaban J connectivity index is 1.70. The van der Waals surface area contributed by atoms with Gasteiger partial charge in [0.05, 0.1) is 0 Å². The van der Waals surface area contributed by atoms with Crippen LogP contribution < -0.4 is 18.1 Å². The van der Waals surface area contributed by atoms with E-state index in [2.05, 4.69) is 0 Å². The van der Waals surface area contributed by atoms with Gasteiger partial charge in [0, 0.05) is 5.56 Å². The summed E-state index contributed by atoms with van der Waals surface area (Å²) in [6, 6.07) is 5.74. The maximum absolute atomic E-state index is 12.4. The molecule has 25 heavy (non-hydrogen) atoms. The van der Waals surface area contributed by atoms with Crippen molar-refractivity contribution in [2.75, 3.05) is 0 Å². The number of phenols is 2. The summed E-state index contributed by atoms with van der Waals surface area (Å²) in [5, 5.41) is 19.6. The van der Waals surface area contributed by atoms with E-state index in [4.69, 9.17) is 27.1 Å². The monoisotopic (exact) mass is 384 g/mol. The summed E-state index contributed by atoms with van der Waals surface area (Å²) in [5.41, 5.74) is 0.446. The highest BCUT2D eigenvalue weighted by Gasteiger charge is 2.71. The fourth-order valence-electron chi connectivity index (χ4n) is 3.17. The molecule has 0 radical (unpaired) electrons. The van der Waals surface area contributed by atoms with Crippen LogP contribution in [0.4, 0.5) is 0 Å². The molecule has 1 fully saturated rings. The molecule has 5 heterocycles. The second-order valence-corrected chi connectivity index (χ2v) is 8.53. The van der Waals surface area contributed by atoms with Crippen molar-refractivity contribution in [3.05, 3.63) is 35.4 Å². The molecule has 0 amide bonds. The molecule has 5 bridgehead atoms. The van der Waals surface area contributed by atoms with Crippen LogP contribution >= 0.6 is 15.6 Å². The zero-order chi connectivity index (χ0) is 17.2. The van der Waals surface area contributed by atoms with E-state index in [1.807, 2.05) is 0 Å². The van der Waals surface area contributed by atoms with Crippen molar-refractivity contribution < 1.29 is 46.5 Å². The van der Waals surface area contributed by atoms with Crippen molar-refractivity contribution in [1.82, 2.24) is 0 Å². The Morgan fingerprint density at radius 2 is 1.28 bits per heavy atom. The summed E-state index contributed by atoms with van der Waals surface area (Å²) in [7, 11) is -7.93. The van der Waals surface area contributed by atoms with Crippen LogP contribution in [0.3, 0.4) is 0 Å². The SMILES string of the molecule is O=P12Oc3c(O)c(c4c(c3O1)C1(c3ccc(O)cc3)OP(=O)(O4)O1)O2. The van der Waals surface area contributed by atoms with Crippen LogP contribution in [-0.2, 0) is 24.0 Å². The molecule has 12 heteroatoms. The largest absolute Gasteiger partial charge is 0.647 e. The molecular formula is C13H6O10P2. The second kappa shape index (κ2) is 3.73. The molecule has 2 N–H and O–H groups in total. The van der Waals surface area contributed by atoms with Crippen molar-refractivity contribution >= 4 is 15.6 Å². The third-order valence-corrected chi connectivity index (χ3v) is 6.75. The Bertz CT molecular complexity index is 1080. The summed E-state index contributed by atoms with van der Waals surface area (Å²) in [4.78, 5) is 0. The minimum absolute atomic E-state index is 0.00305. The molecule has 1 unspecified atom stereocenters. The molecule has 5 aliphatic heterocycles. The number of phosphoric acid groups is 2. The normalized spacial score (nSPS) is 34.9. The van der Waals surface area contributed by atoms with Gasteiger partial charge in [0.2, 0.25) is 17.2 Å². The standard InChI is InChI=1S/C13H6O10P2/c14-6-3-1-5(2-4-6)13-7-9-11-8(15)12(21-24(16,18-9)20-11)10(7)19-25(17,22-13)23-13/h1-4,14-15H. The van der Waals surface area contributed by atoms with E-state index in [1.165, 1.54) is 24.3 Å². The Hall–Kier alpha value is -2.38. The fourth-order valence-corrected chi connectivity index (χ4v) is 5.98. The zero-order valence-electron chi connectivity index (χ0n) is 11.9. The number of rotatable bonds is 1. The van der Waals surface area contributed by atoms with Gasteiger partial charge in [0.15, 0.2) is 11.5 Å². The van der Waals surface area contributed by atoms with E-state index in [1.54, 1.807) is 0 Å². The average molecular weight is 384 g/mol. The summed E-state index contributed by atoms with van der Waals surface area (Å²) >= 11 is 0. The Labute approximate surface area is 138 Å². The van der Waals surface area contributed by atoms with Crippen LogP contribution in [-0.4, -0.2) is 10.2 Å². The van der Waals surface area contributed by atoms with E-state index in [-0.39, 0.29) is 34.3 Å². The lowest BCUT2D eigenvalue weighted by Gasteiger charge is -2.49. The van der Waals surface area contributed by atoms with Gasteiger partial charge in [0.1, 0.15) is 11.3 Å². The molecular weight excluding hydrogens is 378 g/mol. The number of phosphoric ester groups is 2. The van der Waals surface area contributed by atoms with E-state index in [0.29, 0.717) is 5.56 Å². The lowest BCUT2D eigenvalue weighted by Crippen LogP contribution is -2.46. The quantitative estimate of drug-likeness (QED) is 0.707. The number of aromatic hydroxyl groups is 2. The van der Waals surface area contributed by atoms with Gasteiger partial charge in [-0.15, -0.1) is 0 Å². The van der Waals surface area contributed by atoms with E-state index in [0.717, 1.165) is 0 Å². The topological polar surface area (TPSA) is 130 Å². The molecule has 10 nitrogen and oxygen atoms in total. The highest BCUT2D eigenvalue weighted by Crippen LogP contribution is 2.83. The predicted molar refractivity (Wildman–Crippen MR) is 76.9 cm³/mol. The molecule has 7 rings (SSSR count). The van der Waals surface area contributed by atoms with Crippen molar-refractivity contribution in [2.24, 2.45) is 0 Å². The van der Waals surface area contributed by atoms with Gasteiger partial charge >= 0.3 is 15.6 Å². The first-order valence-corrected chi connectivity index (χ1v) is 9.88. The third kappa shape index (κ3) is 1.46. The minimum Gasteiger partial charge on any atom is -0.508 e. The molecule has 1 saturated heterocycles. The minimum atomic E-state index is -3.99. The summed E-state index contributed by atoms with van der Waals surface area (Å²) in [5.74, 6) is -2.97. The predicted octanol–water partition coefficient (Wildman–Crippen LogP) is 3.12. The van der Waals surface area contributed by atoms with E-state index < -0.39 is 27.2 Å². The zero-order valence-corrected chi connectivity index (χ0v) is 13.7. The van der Waals surface area contributed by atoms with Crippen LogP contribution in [0.5, 0.6) is 34.5 Å². The Morgan fingerprint density at radius 3 is 1.88 bits per heavy atom. The molecule has 2 aromatic carbocycles. The molecule has 0 spiro atoms. The fraction of sp³-hybridized carbons (Fsp3) is 0.0769. The van der Waals surface area contributed by atoms with E-state index in [9.17, 15) is 19.3 Å². The highest BCUT2D eigenvalue weighted by atomic mass is 31.2. The average Bonchev–Trinajstić information content (AvgIpc) is 2.76. The lowest BCUT2D eigenvalue weighted by atomic mass is 9.94. The van der Waals surface area contributed by atoms with Gasteiger partial charge in [0.25, 0.3) is 5.79 Å². The molecule has 5 aliphatic rings. The van der Waals surface area contributed by atoms with E-state index >= 15 is 0 Å². The first-order valence-electron chi connectivity index (χ1n) is 6.95. The second-order valence-electron chi connectivity index (χ2n) is 5.65. The number of benzene rings is 2. The lowest BCUT2D eigenvalue weighted by molar-refractivity contribution is -0.204. The number of phenolic OH excluding ortho intramolecular Hbond substituents is 2. The summed E-state index contributed by atoms with van der Waals surface area (Å²) < 4.78 is 56.3. The van der Waals surface area contributed by atoms with Crippen molar-refractivity contribution in [3.8, 4) is 34.5 Å². The number of fused-ring (bicyclic) bond motifs is 2. The van der Waals surface area contributed by atoms with Gasteiger partial charge in [-0.25, -0.2) is 13.6 Å². The van der Waals surface area contributed by atoms with Crippen molar-refractivity contribution in [1.29, 1.82) is 0 Å². The van der Waals surface area contributed by atoms with Gasteiger partial charge in [-0.05, 0) is 24.3 Å². The first-order chi connectivity index (χ1) is 11.8. The number of hydrogen-bond acceptors (Lipinski definition) is 10. The Kier molecular flexibility index (Phi) is 2.07. The summed E-state index contributed by atoms with van der Waals surface area (Å²) in [6.45, 7) is 0. The van der Waals surface area contributed by atoms with Crippen LogP contribution in [0.2, 0.25) is 0 Å². The third-order valence-electron chi connectivity index (χ3n) is 4.17. The van der Waals surface area contributed by atoms with Crippen LogP contribution in [0.25, 0.3) is 0 Å². The van der Waals surface area contributed by atoms with Crippen LogP contribution in [0.1, 0.15) is 11.1 Å². The molecule has 0 aliphatic carbocycles. The molecule has 1 atom stereocenters. The molecule has 128 valence electrons. The summed E-state index contributed by atoms with van der Waals surface area (Å²) in [6.07, 6.45) is 0. The van der Waals surface area contributed by atoms with Gasteiger partial charge in [-0.3, -0.25) is 0 Å². The maximum atomic E-state index is 12.4. The van der Waals surface area contributed by atoms with Crippen LogP contribution in [0.15, 0.2) is 24.3 Å². The van der Waals surface area contributed by atoms with Crippen LogP contribution in [0, 0.1) is 0 Å². The Morgan fingerprint density at radius 1 is 0.760 bits per heavy atom. The van der Waals surface area contributed by atoms with Crippen molar-refractivity contribution in [2.45, 2.75) is 5.79 Å². The van der Waals surface area contributed by atoms with Crippen molar-refractivity contribution in [3.63, 3.8) is 0 Å². The molecule has 0 aromatic heterocycles. The number of hydrogen-bond donors (Lipinski definition) is 2. The van der Waals surface area contributed by atoms with Gasteiger partial charge < -0.3 is 28.3 Å². The molecule has 0 saturated carbocycles. The van der Waals surface area contributed by atoms with Gasteiger partial charge in [-0.1, -0.05) is 0 Å². The van der Waals surface area contributed by atoms with Gasteiger partial charge in [-0.2, -0.15) is 4.57 Å². The highest BCUT2D eigenvalue weighted by molar-refractivity contribution is 7.51. The smallest absolute Gasteiger partial charge is 0.508 e. The first kappa shape index (κ1) is 13.9. The molecule has 2 aromatic rings. The maximum Gasteiger partial charge on any atom is 0.647 e.